The van der Waals surface area contributed by atoms with E-state index in [1.165, 1.54) is 130 Å². The van der Waals surface area contributed by atoms with Crippen molar-refractivity contribution in [2.75, 3.05) is 14.7 Å². The van der Waals surface area contributed by atoms with Crippen molar-refractivity contribution >= 4 is 74.3 Å². The van der Waals surface area contributed by atoms with Gasteiger partial charge in [0, 0.05) is 50.9 Å². The third kappa shape index (κ3) is 6.17. The summed E-state index contributed by atoms with van der Waals surface area (Å²) in [6, 6.07) is 57.0. The Labute approximate surface area is 447 Å². The van der Waals surface area contributed by atoms with Crippen molar-refractivity contribution in [3.8, 4) is 11.1 Å². The second-order valence-electron chi connectivity index (χ2n) is 27.4. The summed E-state index contributed by atoms with van der Waals surface area (Å²) < 4.78 is 0. The van der Waals surface area contributed by atoms with Gasteiger partial charge in [-0.15, -0.1) is 0 Å². The van der Waals surface area contributed by atoms with Crippen molar-refractivity contribution in [3.63, 3.8) is 0 Å². The number of para-hydroxylation sites is 2. The summed E-state index contributed by atoms with van der Waals surface area (Å²) in [6.45, 7) is 34.5. The standard InChI is InChI=1S/C71H72BN3/c1-42-35-50-52(68(8,9)34-33-67(50,6)7)39-57(42)74-59-40-53-51(69(10,11)41-70(53,12)13)38-55(59)72-54-31-29-46(73(44-23-17-15-18-24-44)45-25-19-16-20-26-45)37-58(54)75-56-32-30-49(66(3,4)5)61-47-27-21-22-28-48(47)71(14,63(56)61)62-43(2)36-60(74)64(72)65(62)75/h15-32,35-40H,33-34,41H2,1-14H3. The first-order valence-corrected chi connectivity index (χ1v) is 28.0. The maximum absolute atomic E-state index is 2.77. The van der Waals surface area contributed by atoms with Crippen molar-refractivity contribution in [2.45, 2.75) is 149 Å². The molecule has 8 aromatic carbocycles. The number of aryl methyl sites for hydroxylation is 2. The van der Waals surface area contributed by atoms with Crippen LogP contribution < -0.4 is 31.1 Å². The highest BCUT2D eigenvalue weighted by Gasteiger charge is 2.56. The van der Waals surface area contributed by atoms with E-state index in [2.05, 4.69) is 257 Å². The monoisotopic (exact) mass is 978 g/mol. The van der Waals surface area contributed by atoms with Crippen LogP contribution in [0.15, 0.2) is 146 Å². The molecule has 0 amide bonds. The highest BCUT2D eigenvalue weighted by Crippen LogP contribution is 2.66. The van der Waals surface area contributed by atoms with Gasteiger partial charge in [0.1, 0.15) is 0 Å². The lowest BCUT2D eigenvalue weighted by molar-refractivity contribution is 0.332. The van der Waals surface area contributed by atoms with Gasteiger partial charge in [-0.25, -0.2) is 0 Å². The Morgan fingerprint density at radius 1 is 0.453 bits per heavy atom. The number of hydrogen-bond acceptors (Lipinski definition) is 3. The van der Waals surface area contributed by atoms with Crippen LogP contribution in [0.25, 0.3) is 11.1 Å². The number of anilines is 9. The Morgan fingerprint density at radius 3 is 1.68 bits per heavy atom. The minimum atomic E-state index is -0.403. The van der Waals surface area contributed by atoms with Crippen molar-refractivity contribution in [1.82, 2.24) is 0 Å². The van der Waals surface area contributed by atoms with Crippen LogP contribution in [0.5, 0.6) is 0 Å². The minimum Gasteiger partial charge on any atom is -0.311 e. The minimum absolute atomic E-state index is 0.0173. The summed E-state index contributed by atoms with van der Waals surface area (Å²) in [5, 5.41) is 0. The van der Waals surface area contributed by atoms with Crippen LogP contribution in [0.1, 0.15) is 158 Å². The van der Waals surface area contributed by atoms with E-state index in [1.54, 1.807) is 0 Å². The lowest BCUT2D eigenvalue weighted by Crippen LogP contribution is -2.63. The number of hydrogen-bond donors (Lipinski definition) is 0. The van der Waals surface area contributed by atoms with Crippen LogP contribution >= 0.6 is 0 Å². The number of rotatable bonds is 4. The molecule has 0 aromatic heterocycles. The number of nitrogens with zero attached hydrogens (tertiary/aromatic N) is 3. The molecular weight excluding hydrogens is 906 g/mol. The topological polar surface area (TPSA) is 9.72 Å². The first-order valence-electron chi connectivity index (χ1n) is 28.0. The van der Waals surface area contributed by atoms with Crippen LogP contribution in [0.4, 0.5) is 51.2 Å². The molecule has 3 nitrogen and oxygen atoms in total. The van der Waals surface area contributed by atoms with Crippen molar-refractivity contribution in [2.24, 2.45) is 0 Å². The number of fused-ring (bicyclic) bond motifs is 12. The summed E-state index contributed by atoms with van der Waals surface area (Å²) in [5.74, 6) is 0. The maximum atomic E-state index is 2.77. The predicted octanol–water partition coefficient (Wildman–Crippen LogP) is 17.1. The van der Waals surface area contributed by atoms with Crippen molar-refractivity contribution in [1.29, 1.82) is 0 Å². The van der Waals surface area contributed by atoms with E-state index in [0.29, 0.717) is 0 Å². The van der Waals surface area contributed by atoms with E-state index in [-0.39, 0.29) is 33.8 Å². The molecule has 1 atom stereocenters. The zero-order valence-electron chi connectivity index (χ0n) is 46.9. The highest BCUT2D eigenvalue weighted by molar-refractivity contribution is 7.00. The van der Waals surface area contributed by atoms with Gasteiger partial charge in [0.2, 0.25) is 0 Å². The maximum Gasteiger partial charge on any atom is 0.252 e. The molecule has 0 radical (unpaired) electrons. The van der Waals surface area contributed by atoms with E-state index < -0.39 is 5.41 Å². The molecule has 14 rings (SSSR count). The van der Waals surface area contributed by atoms with E-state index in [1.807, 2.05) is 0 Å². The molecule has 75 heavy (non-hydrogen) atoms. The highest BCUT2D eigenvalue weighted by atomic mass is 15.2. The molecule has 3 aliphatic heterocycles. The average molecular weight is 978 g/mol. The smallest absolute Gasteiger partial charge is 0.252 e. The molecular formula is C71H72BN3. The van der Waals surface area contributed by atoms with Gasteiger partial charge >= 0.3 is 0 Å². The summed E-state index contributed by atoms with van der Waals surface area (Å²) in [4.78, 5) is 7.98. The normalized spacial score (nSPS) is 19.8. The van der Waals surface area contributed by atoms with E-state index in [9.17, 15) is 0 Å². The molecule has 3 heterocycles. The lowest BCUT2D eigenvalue weighted by atomic mass is 9.32. The molecule has 0 fully saturated rings. The quantitative estimate of drug-likeness (QED) is 0.163. The molecule has 0 spiro atoms. The van der Waals surface area contributed by atoms with Crippen LogP contribution in [-0.4, -0.2) is 6.71 Å². The van der Waals surface area contributed by atoms with Crippen molar-refractivity contribution in [3.05, 3.63) is 201 Å². The molecule has 6 aliphatic rings. The average Bonchev–Trinajstić information content (AvgIpc) is 3.87. The van der Waals surface area contributed by atoms with Gasteiger partial charge in [-0.1, -0.05) is 161 Å². The van der Waals surface area contributed by atoms with Crippen LogP contribution in [-0.2, 0) is 32.5 Å². The molecule has 3 aliphatic carbocycles. The SMILES string of the molecule is Cc1cc2c(cc1N1c3cc4c(cc3B3c5ccc(N(c6ccccc6)c6ccccc6)cc5N5c6ccc(C(C)(C)C)c7c6C(C)(c6ccccc6-7)c6c(C)cc1c3c65)C(C)(C)CC4(C)C)C(C)(C)CCC2(C)C. The summed E-state index contributed by atoms with van der Waals surface area (Å²) >= 11 is 0. The zero-order valence-corrected chi connectivity index (χ0v) is 46.9. The van der Waals surface area contributed by atoms with Crippen LogP contribution in [0.2, 0.25) is 0 Å². The molecule has 0 bridgehead atoms. The zero-order chi connectivity index (χ0) is 52.3. The Morgan fingerprint density at radius 2 is 1.03 bits per heavy atom. The first kappa shape index (κ1) is 46.7. The molecule has 0 N–H and O–H groups in total. The largest absolute Gasteiger partial charge is 0.311 e. The van der Waals surface area contributed by atoms with E-state index in [0.717, 1.165) is 23.5 Å². The third-order valence-electron chi connectivity index (χ3n) is 19.6. The molecule has 0 saturated heterocycles. The van der Waals surface area contributed by atoms with Gasteiger partial charge < -0.3 is 14.7 Å². The predicted molar refractivity (Wildman–Crippen MR) is 320 cm³/mol. The Kier molecular flexibility index (Phi) is 9.34. The van der Waals surface area contributed by atoms with Crippen LogP contribution in [0.3, 0.4) is 0 Å². The third-order valence-corrected chi connectivity index (χ3v) is 19.6. The van der Waals surface area contributed by atoms with Crippen LogP contribution in [0, 0.1) is 13.8 Å². The fraction of sp³-hybridized carbons (Fsp3) is 0.324. The van der Waals surface area contributed by atoms with Gasteiger partial charge in [-0.2, -0.15) is 0 Å². The van der Waals surface area contributed by atoms with Gasteiger partial charge in [0.15, 0.2) is 0 Å². The van der Waals surface area contributed by atoms with E-state index >= 15 is 0 Å². The molecule has 0 saturated carbocycles. The van der Waals surface area contributed by atoms with Gasteiger partial charge in [0.25, 0.3) is 6.71 Å². The number of benzene rings is 8. The van der Waals surface area contributed by atoms with E-state index in [4.69, 9.17) is 0 Å². The Bertz CT molecular complexity index is 3750. The van der Waals surface area contributed by atoms with Gasteiger partial charge in [0.05, 0.1) is 5.69 Å². The fourth-order valence-corrected chi connectivity index (χ4v) is 16.2. The molecule has 4 heteroatoms. The van der Waals surface area contributed by atoms with Gasteiger partial charge in [-0.3, -0.25) is 0 Å². The second-order valence-corrected chi connectivity index (χ2v) is 27.4. The lowest BCUT2D eigenvalue weighted by Gasteiger charge is -2.51. The molecule has 374 valence electrons. The summed E-state index contributed by atoms with van der Waals surface area (Å²) in [5.41, 5.74) is 32.4. The Hall–Kier alpha value is -6.78. The molecule has 8 aromatic rings. The van der Waals surface area contributed by atoms with Crippen molar-refractivity contribution < 1.29 is 0 Å². The Balaban J connectivity index is 1.14. The van der Waals surface area contributed by atoms with Gasteiger partial charge in [-0.05, 0) is 211 Å². The summed E-state index contributed by atoms with van der Waals surface area (Å²) in [6.07, 6.45) is 3.48. The fourth-order valence-electron chi connectivity index (χ4n) is 16.2. The second kappa shape index (κ2) is 15.0. The first-order chi connectivity index (χ1) is 35.5. The summed E-state index contributed by atoms with van der Waals surface area (Å²) in [7, 11) is 0. The molecule has 1 unspecified atom stereocenters.